The van der Waals surface area contributed by atoms with E-state index in [1.165, 1.54) is 0 Å². The Hall–Kier alpha value is -2.21. The molecule has 6 nitrogen and oxygen atoms in total. The fraction of sp³-hybridized carbons (Fsp3) is 0.308. The minimum absolute atomic E-state index is 0.425. The first-order valence-corrected chi connectivity index (χ1v) is 5.83. The van der Waals surface area contributed by atoms with Gasteiger partial charge in [-0.1, -0.05) is 6.07 Å². The summed E-state index contributed by atoms with van der Waals surface area (Å²) in [5, 5.41) is 3.00. The molecule has 0 spiro atoms. The van der Waals surface area contributed by atoms with Crippen molar-refractivity contribution in [3.63, 3.8) is 0 Å². The lowest BCUT2D eigenvalue weighted by Crippen LogP contribution is -2.03. The van der Waals surface area contributed by atoms with Crippen LogP contribution in [-0.2, 0) is 11.3 Å². The molecule has 0 aliphatic carbocycles. The first-order valence-electron chi connectivity index (χ1n) is 5.83. The van der Waals surface area contributed by atoms with Gasteiger partial charge in [-0.05, 0) is 6.07 Å². The molecule has 0 fully saturated rings. The van der Waals surface area contributed by atoms with Crippen LogP contribution in [0.3, 0.4) is 0 Å². The van der Waals surface area contributed by atoms with Crippen molar-refractivity contribution >= 4 is 5.82 Å². The number of hydrogen-bond acceptors (Lipinski definition) is 6. The van der Waals surface area contributed by atoms with Crippen LogP contribution in [0.1, 0.15) is 5.69 Å². The van der Waals surface area contributed by atoms with Gasteiger partial charge >= 0.3 is 0 Å². The van der Waals surface area contributed by atoms with E-state index >= 15 is 0 Å². The van der Waals surface area contributed by atoms with Gasteiger partial charge in [-0.15, -0.1) is 0 Å². The van der Waals surface area contributed by atoms with E-state index in [2.05, 4.69) is 20.3 Å². The van der Waals surface area contributed by atoms with Crippen LogP contribution in [0.5, 0.6) is 5.88 Å². The molecule has 0 atom stereocenters. The lowest BCUT2D eigenvalue weighted by Gasteiger charge is -2.07. The molecular formula is C13H16N4O2. The molecule has 100 valence electrons. The van der Waals surface area contributed by atoms with Crippen molar-refractivity contribution in [3.05, 3.63) is 30.0 Å². The molecule has 0 unspecified atom stereocenters. The second-order valence-electron chi connectivity index (χ2n) is 3.82. The van der Waals surface area contributed by atoms with Gasteiger partial charge in [-0.2, -0.15) is 0 Å². The molecule has 0 bridgehead atoms. The van der Waals surface area contributed by atoms with E-state index in [1.54, 1.807) is 20.3 Å². The molecule has 0 aliphatic heterocycles. The predicted octanol–water partition coefficient (Wildman–Crippen LogP) is 1.74. The summed E-state index contributed by atoms with van der Waals surface area (Å²) in [5.41, 5.74) is 1.45. The highest BCUT2D eigenvalue weighted by Crippen LogP contribution is 2.18. The quantitative estimate of drug-likeness (QED) is 0.883. The molecule has 19 heavy (non-hydrogen) atoms. The van der Waals surface area contributed by atoms with Gasteiger partial charge in [-0.3, -0.25) is 0 Å². The van der Waals surface area contributed by atoms with Crippen LogP contribution in [0.2, 0.25) is 0 Å². The number of methoxy groups -OCH3 is 2. The number of nitrogens with zero attached hydrogens (tertiary/aromatic N) is 3. The minimum Gasteiger partial charge on any atom is -0.481 e. The largest absolute Gasteiger partial charge is 0.481 e. The third kappa shape index (κ3) is 3.17. The number of hydrogen-bond donors (Lipinski definition) is 1. The Morgan fingerprint density at radius 3 is 2.68 bits per heavy atom. The number of pyridine rings is 1. The summed E-state index contributed by atoms with van der Waals surface area (Å²) in [6.45, 7) is 0.425. The second kappa shape index (κ2) is 6.10. The molecule has 0 aromatic carbocycles. The Labute approximate surface area is 111 Å². The van der Waals surface area contributed by atoms with Gasteiger partial charge in [0.25, 0.3) is 0 Å². The maximum Gasteiger partial charge on any atom is 0.213 e. The monoisotopic (exact) mass is 260 g/mol. The summed E-state index contributed by atoms with van der Waals surface area (Å²) < 4.78 is 10.2. The topological polar surface area (TPSA) is 69.2 Å². The minimum atomic E-state index is 0.425. The molecule has 2 heterocycles. The Kier molecular flexibility index (Phi) is 4.25. The number of rotatable bonds is 5. The highest BCUT2D eigenvalue weighted by Gasteiger charge is 2.08. The first-order chi connectivity index (χ1) is 9.26. The third-order valence-corrected chi connectivity index (χ3v) is 2.49. The summed E-state index contributed by atoms with van der Waals surface area (Å²) in [7, 11) is 5.01. The molecule has 2 rings (SSSR count). The molecular weight excluding hydrogens is 244 g/mol. The van der Waals surface area contributed by atoms with Gasteiger partial charge in [0.2, 0.25) is 5.88 Å². The standard InChI is InChI=1S/C13H16N4O2/c1-14-11-7-9(8-18-2)15-13(17-11)10-5-4-6-12(16-10)19-3/h4-7H,8H2,1-3H3,(H,14,15,17). The van der Waals surface area contributed by atoms with Gasteiger partial charge in [0.15, 0.2) is 5.82 Å². The lowest BCUT2D eigenvalue weighted by atomic mass is 10.3. The molecule has 0 amide bonds. The summed E-state index contributed by atoms with van der Waals surface area (Å²) in [6.07, 6.45) is 0. The lowest BCUT2D eigenvalue weighted by molar-refractivity contribution is 0.181. The summed E-state index contributed by atoms with van der Waals surface area (Å²) >= 11 is 0. The van der Waals surface area contributed by atoms with Crippen molar-refractivity contribution in [3.8, 4) is 17.4 Å². The van der Waals surface area contributed by atoms with Gasteiger partial charge in [0.05, 0.1) is 19.4 Å². The van der Waals surface area contributed by atoms with Crippen LogP contribution in [0.15, 0.2) is 24.3 Å². The molecule has 6 heteroatoms. The smallest absolute Gasteiger partial charge is 0.213 e. The Morgan fingerprint density at radius 2 is 2.00 bits per heavy atom. The van der Waals surface area contributed by atoms with Gasteiger partial charge < -0.3 is 14.8 Å². The number of nitrogens with one attached hydrogen (secondary N) is 1. The van der Waals surface area contributed by atoms with Crippen molar-refractivity contribution in [2.45, 2.75) is 6.61 Å². The maximum atomic E-state index is 5.10. The summed E-state index contributed by atoms with van der Waals surface area (Å²) in [6, 6.07) is 7.31. The van der Waals surface area contributed by atoms with E-state index in [-0.39, 0.29) is 0 Å². The zero-order valence-electron chi connectivity index (χ0n) is 11.2. The molecule has 2 aromatic rings. The van der Waals surface area contributed by atoms with Crippen molar-refractivity contribution in [2.24, 2.45) is 0 Å². The number of ether oxygens (including phenoxy) is 2. The van der Waals surface area contributed by atoms with Crippen molar-refractivity contribution in [1.82, 2.24) is 15.0 Å². The molecule has 0 saturated heterocycles. The zero-order valence-corrected chi connectivity index (χ0v) is 11.2. The van der Waals surface area contributed by atoms with Gasteiger partial charge in [-0.25, -0.2) is 15.0 Å². The second-order valence-corrected chi connectivity index (χ2v) is 3.82. The highest BCUT2D eigenvalue weighted by molar-refractivity contribution is 5.53. The molecule has 2 aromatic heterocycles. The van der Waals surface area contributed by atoms with E-state index in [1.807, 2.05) is 25.2 Å². The molecule has 0 aliphatic rings. The van der Waals surface area contributed by atoms with E-state index in [0.717, 1.165) is 11.5 Å². The average molecular weight is 260 g/mol. The van der Waals surface area contributed by atoms with Crippen LogP contribution in [-0.4, -0.2) is 36.2 Å². The summed E-state index contributed by atoms with van der Waals surface area (Å²) in [5.74, 6) is 1.80. The van der Waals surface area contributed by atoms with Crippen LogP contribution in [0.4, 0.5) is 5.82 Å². The zero-order chi connectivity index (χ0) is 13.7. The number of anilines is 1. The van der Waals surface area contributed by atoms with E-state index in [9.17, 15) is 0 Å². The maximum absolute atomic E-state index is 5.10. The Bertz CT molecular complexity index is 560. The SMILES string of the molecule is CNc1cc(COC)nc(-c2cccc(OC)n2)n1. The van der Waals surface area contributed by atoms with Crippen molar-refractivity contribution in [1.29, 1.82) is 0 Å². The van der Waals surface area contributed by atoms with Crippen molar-refractivity contribution < 1.29 is 9.47 Å². The molecule has 0 saturated carbocycles. The number of aromatic nitrogens is 3. The first kappa shape index (κ1) is 13.2. The van der Waals surface area contributed by atoms with Crippen LogP contribution in [0.25, 0.3) is 11.5 Å². The van der Waals surface area contributed by atoms with E-state index < -0.39 is 0 Å². The fourth-order valence-electron chi connectivity index (χ4n) is 1.61. The average Bonchev–Trinajstić information content (AvgIpc) is 2.47. The van der Waals surface area contributed by atoms with Gasteiger partial charge in [0.1, 0.15) is 11.5 Å². The fourth-order valence-corrected chi connectivity index (χ4v) is 1.61. The van der Waals surface area contributed by atoms with Gasteiger partial charge in [0, 0.05) is 26.3 Å². The third-order valence-electron chi connectivity index (χ3n) is 2.49. The Balaban J connectivity index is 2.44. The van der Waals surface area contributed by atoms with Crippen molar-refractivity contribution in [2.75, 3.05) is 26.6 Å². The van der Waals surface area contributed by atoms with Crippen LogP contribution < -0.4 is 10.1 Å². The highest BCUT2D eigenvalue weighted by atomic mass is 16.5. The molecule has 1 N–H and O–H groups in total. The van der Waals surface area contributed by atoms with E-state index in [0.29, 0.717) is 24.0 Å². The summed E-state index contributed by atoms with van der Waals surface area (Å²) in [4.78, 5) is 13.1. The predicted molar refractivity (Wildman–Crippen MR) is 72.1 cm³/mol. The van der Waals surface area contributed by atoms with Crippen LogP contribution in [0, 0.1) is 0 Å². The Morgan fingerprint density at radius 1 is 1.16 bits per heavy atom. The molecule has 0 radical (unpaired) electrons. The normalized spacial score (nSPS) is 10.3. The van der Waals surface area contributed by atoms with E-state index in [4.69, 9.17) is 9.47 Å². The van der Waals surface area contributed by atoms with Crippen LogP contribution >= 0.6 is 0 Å².